The Bertz CT molecular complexity index is 7630. The SMILES string of the molecule is CC(C)Cc1ccc2c(n1)oc1c(-c3ccccn3)[c-]ccc12.Cc1ccc2c(n1)oc1c(-c3ccccn3)[c-]ccc12.Cc1ccnc(-c2[c-]ccc3c2oc2nc(C)ccc23)c1.Cc1ccnc(-c2[c-]ccc3c2oc2nc(C4CCCC4)ccc23)c1.[Ir].[Ir].[Ir].[Ir].[c-]1ccccc1-c1ccccn1.[c-]1ccccc1-c1ccccn1.[c-]1ccccc1-c1ccccn1.[c-]1ccccc1-c1ccccn1. The molecule has 704 valence electrons. The monoisotopic (exact) mass is 2550 g/mol. The van der Waals surface area contributed by atoms with Crippen LogP contribution in [0.3, 0.4) is 0 Å². The van der Waals surface area contributed by atoms with E-state index in [1.165, 1.54) is 36.9 Å². The van der Waals surface area contributed by atoms with Gasteiger partial charge in [0, 0.05) is 180 Å². The van der Waals surface area contributed by atoms with Gasteiger partial charge < -0.3 is 57.5 Å². The van der Waals surface area contributed by atoms with Crippen molar-refractivity contribution in [3.8, 4) is 90.1 Å². The van der Waals surface area contributed by atoms with E-state index in [2.05, 4.69) is 174 Å². The third-order valence-corrected chi connectivity index (χ3v) is 22.7. The molecule has 16 aromatic heterocycles. The molecule has 0 N–H and O–H groups in total. The van der Waals surface area contributed by atoms with Crippen LogP contribution in [-0.2, 0) is 86.8 Å². The largest absolute Gasteiger partial charge is 0.486 e. The first-order chi connectivity index (χ1) is 67.4. The predicted octanol–water partition coefficient (Wildman–Crippen LogP) is 29.6. The number of benzene rings is 8. The molecule has 8 aromatic carbocycles. The van der Waals surface area contributed by atoms with Crippen LogP contribution in [-0.4, -0.2) is 59.8 Å². The minimum absolute atomic E-state index is 0. The second-order valence-corrected chi connectivity index (χ2v) is 33.1. The Labute approximate surface area is 873 Å². The van der Waals surface area contributed by atoms with Crippen molar-refractivity contribution < 1.29 is 98.1 Å². The first-order valence-corrected chi connectivity index (χ1v) is 45.5. The van der Waals surface area contributed by atoms with E-state index in [0.717, 1.165) is 190 Å². The minimum atomic E-state index is 0. The van der Waals surface area contributed by atoms with E-state index < -0.39 is 0 Å². The van der Waals surface area contributed by atoms with Gasteiger partial charge in [-0.15, -0.1) is 216 Å². The first kappa shape index (κ1) is 102. The van der Waals surface area contributed by atoms with Gasteiger partial charge in [-0.1, -0.05) is 167 Å². The molecule has 20 heteroatoms. The molecule has 16 nitrogen and oxygen atoms in total. The zero-order valence-corrected chi connectivity index (χ0v) is 87.4. The second kappa shape index (κ2) is 50.3. The number of hydrogen-bond donors (Lipinski definition) is 0. The minimum Gasteiger partial charge on any atom is -0.486 e. The fraction of sp³-hybridized carbons (Fsp3) is 0.107. The van der Waals surface area contributed by atoms with Crippen molar-refractivity contribution in [1.82, 2.24) is 59.8 Å². The Balaban J connectivity index is 0.000000130. The van der Waals surface area contributed by atoms with Gasteiger partial charge >= 0.3 is 0 Å². The molecule has 0 unspecified atom stereocenters. The third-order valence-electron chi connectivity index (χ3n) is 22.7. The molecule has 0 aliphatic heterocycles. The number of pyridine rings is 12. The number of fused-ring (bicyclic) bond motifs is 12. The first-order valence-electron chi connectivity index (χ1n) is 45.5. The number of rotatable bonds is 11. The van der Waals surface area contributed by atoms with Crippen molar-refractivity contribution in [1.29, 1.82) is 0 Å². The maximum atomic E-state index is 6.20. The average molecular weight is 2550 g/mol. The molecule has 1 aliphatic carbocycles. The summed E-state index contributed by atoms with van der Waals surface area (Å²) in [4.78, 5) is 53.0. The normalized spacial score (nSPS) is 11.2. The van der Waals surface area contributed by atoms with Crippen LogP contribution in [0.15, 0.2) is 395 Å². The molecular weight excluding hydrogens is 2450 g/mol. The Morgan fingerprint density at radius 2 is 0.553 bits per heavy atom. The summed E-state index contributed by atoms with van der Waals surface area (Å²) in [5, 5.41) is 8.40. The summed E-state index contributed by atoms with van der Waals surface area (Å²) in [5.74, 6) is 1.16. The fourth-order valence-corrected chi connectivity index (χ4v) is 16.1. The molecule has 141 heavy (non-hydrogen) atoms. The Hall–Kier alpha value is -14.6. The van der Waals surface area contributed by atoms with E-state index >= 15 is 0 Å². The van der Waals surface area contributed by atoms with Crippen molar-refractivity contribution in [2.75, 3.05) is 0 Å². The van der Waals surface area contributed by atoms with Crippen LogP contribution in [0.25, 0.3) is 178 Å². The van der Waals surface area contributed by atoms with E-state index in [1.54, 1.807) is 37.2 Å². The molecule has 0 atom stereocenters. The molecule has 0 saturated heterocycles. The molecule has 25 rings (SSSR count). The molecule has 0 spiro atoms. The van der Waals surface area contributed by atoms with Gasteiger partial charge in [-0.3, -0.25) is 0 Å². The molecule has 0 amide bonds. The molecule has 16 heterocycles. The number of aromatic nitrogens is 12. The summed E-state index contributed by atoms with van der Waals surface area (Å²) < 4.78 is 24.2. The maximum Gasteiger partial charge on any atom is 0.216 e. The van der Waals surface area contributed by atoms with Crippen LogP contribution in [0.5, 0.6) is 0 Å². The van der Waals surface area contributed by atoms with Crippen molar-refractivity contribution >= 4 is 88.3 Å². The summed E-state index contributed by atoms with van der Waals surface area (Å²) >= 11 is 0. The number of nitrogens with zero attached hydrogens (tertiary/aromatic N) is 12. The maximum absolute atomic E-state index is 6.20. The second-order valence-electron chi connectivity index (χ2n) is 33.1. The van der Waals surface area contributed by atoms with Gasteiger partial charge in [0.15, 0.2) is 0 Å². The molecule has 1 saturated carbocycles. The summed E-state index contributed by atoms with van der Waals surface area (Å²) in [6, 6.07) is 132. The van der Waals surface area contributed by atoms with E-state index in [0.29, 0.717) is 29.0 Å². The van der Waals surface area contributed by atoms with Crippen LogP contribution in [0, 0.1) is 82.1 Å². The summed E-state index contributed by atoms with van der Waals surface area (Å²) in [6.07, 6.45) is 20.4. The molecule has 4 radical (unpaired) electrons. The van der Waals surface area contributed by atoms with Crippen molar-refractivity contribution in [3.05, 3.63) is 460 Å². The van der Waals surface area contributed by atoms with Crippen molar-refractivity contribution in [2.45, 2.75) is 79.6 Å². The zero-order chi connectivity index (χ0) is 93.4. The van der Waals surface area contributed by atoms with Gasteiger partial charge in [-0.2, -0.15) is 0 Å². The van der Waals surface area contributed by atoms with E-state index in [4.69, 9.17) is 22.7 Å². The quantitative estimate of drug-likeness (QED) is 0.110. The van der Waals surface area contributed by atoms with Crippen LogP contribution < -0.4 is 0 Å². The van der Waals surface area contributed by atoms with Crippen LogP contribution in [0.4, 0.5) is 0 Å². The van der Waals surface area contributed by atoms with Crippen molar-refractivity contribution in [2.24, 2.45) is 5.92 Å². The van der Waals surface area contributed by atoms with Gasteiger partial charge in [0.25, 0.3) is 0 Å². The Morgan fingerprint density at radius 3 is 0.858 bits per heavy atom. The standard InChI is InChI=1S/C22H19N2O.C20H17N2O.C18H13N2O.C17H11N2O.4C11H8N.4Ir/c1-14-11-12-23-20(13-14)18-8-4-7-16-17-9-10-19(15-5-2-3-6-15)24-22(17)25-21(16)18;1-13(2)12-14-9-10-16-15-6-5-7-17(18-8-3-4-11-21-18)19(15)23-20(16)22-14;1-11-8-9-19-16(10-11)15-5-3-4-13-14-7-6-12(2)20-18(14)21-17(13)15;1-11-8-9-13-12-5-4-6-14(15-7-2-3-10-18-15)16(12)20-17(13)19-11;4*1-2-6-10(7-3-1)11-8-4-5-9-12-11;;;;/h4,7,9-13,15H,2-3,5-6H2,1H3;3-6,8-11,13H,12H2,1-2H3;3-4,6-10H,1-2H3;2-5,7-10H,1H3;4*1-6,8-9H;;;;/q8*-1;;;;. The Kier molecular flexibility index (Phi) is 36.5. The number of aryl methyl sites for hydroxylation is 4. The van der Waals surface area contributed by atoms with E-state index in [-0.39, 0.29) is 80.4 Å². The smallest absolute Gasteiger partial charge is 0.216 e. The topological polar surface area (TPSA) is 207 Å². The summed E-state index contributed by atoms with van der Waals surface area (Å²) in [5.41, 5.74) is 27.5. The zero-order valence-electron chi connectivity index (χ0n) is 77.8. The van der Waals surface area contributed by atoms with Crippen molar-refractivity contribution in [3.63, 3.8) is 0 Å². The Morgan fingerprint density at radius 1 is 0.262 bits per heavy atom. The van der Waals surface area contributed by atoms with E-state index in [9.17, 15) is 0 Å². The molecule has 24 aromatic rings. The van der Waals surface area contributed by atoms with Crippen LogP contribution in [0.1, 0.15) is 79.4 Å². The molecule has 1 fully saturated rings. The van der Waals surface area contributed by atoms with Crippen LogP contribution >= 0.6 is 0 Å². The molecule has 1 aliphatic rings. The van der Waals surface area contributed by atoms with Gasteiger partial charge in [-0.05, 0) is 195 Å². The number of furan rings is 4. The van der Waals surface area contributed by atoms with Gasteiger partial charge in [0.05, 0.1) is 22.3 Å². The van der Waals surface area contributed by atoms with E-state index in [1.807, 2.05) is 311 Å². The molecule has 0 bridgehead atoms. The van der Waals surface area contributed by atoms with Crippen LogP contribution in [0.2, 0.25) is 0 Å². The van der Waals surface area contributed by atoms with Gasteiger partial charge in [0.1, 0.15) is 0 Å². The third kappa shape index (κ3) is 25.7. The summed E-state index contributed by atoms with van der Waals surface area (Å²) in [7, 11) is 0. The van der Waals surface area contributed by atoms with Gasteiger partial charge in [-0.25, -0.2) is 19.9 Å². The summed E-state index contributed by atoms with van der Waals surface area (Å²) in [6.45, 7) is 12.4. The number of hydrogen-bond acceptors (Lipinski definition) is 16. The average Bonchev–Trinajstić information content (AvgIpc) is 1.63. The van der Waals surface area contributed by atoms with Gasteiger partial charge in [0.2, 0.25) is 22.9 Å². The fourth-order valence-electron chi connectivity index (χ4n) is 16.1. The predicted molar refractivity (Wildman–Crippen MR) is 547 cm³/mol. The molecular formula is C121H92Ir4N12O4-8.